The van der Waals surface area contributed by atoms with Crippen molar-refractivity contribution in [1.29, 1.82) is 6.44 Å². The fourth-order valence-electron chi connectivity index (χ4n) is 2.37. The number of imidazole rings is 1. The zero-order valence-electron chi connectivity index (χ0n) is 16.9. The van der Waals surface area contributed by atoms with E-state index in [0.717, 1.165) is 0 Å². The second kappa shape index (κ2) is 9.57. The van der Waals surface area contributed by atoms with Gasteiger partial charge in [-0.1, -0.05) is 20.8 Å². The summed E-state index contributed by atoms with van der Waals surface area (Å²) in [5.41, 5.74) is -0.493. The molecule has 0 saturated heterocycles. The highest BCUT2D eigenvalue weighted by Gasteiger charge is 2.29. The van der Waals surface area contributed by atoms with Gasteiger partial charge in [0, 0.05) is 13.0 Å². The van der Waals surface area contributed by atoms with Gasteiger partial charge in [-0.2, -0.15) is 4.98 Å². The lowest BCUT2D eigenvalue weighted by molar-refractivity contribution is -0.149. The lowest BCUT2D eigenvalue weighted by Gasteiger charge is -2.17. The maximum absolute atomic E-state index is 12.2. The summed E-state index contributed by atoms with van der Waals surface area (Å²) in [5, 5.41) is 10.4. The lowest BCUT2D eigenvalue weighted by atomic mass is 10.1. The van der Waals surface area contributed by atoms with Gasteiger partial charge in [0.2, 0.25) is 11.6 Å². The molecule has 148 valence electrons. The fourth-order valence-corrected chi connectivity index (χ4v) is 2.85. The first-order valence-electron chi connectivity index (χ1n) is 9.13. The molecule has 2 aromatic heterocycles. The number of aromatic nitrogens is 4. The van der Waals surface area contributed by atoms with Crippen LogP contribution in [0.2, 0.25) is 0 Å². The summed E-state index contributed by atoms with van der Waals surface area (Å²) in [6.45, 7) is 5.62. The second-order valence-electron chi connectivity index (χ2n) is 6.33. The summed E-state index contributed by atoms with van der Waals surface area (Å²) in [5.74, 6) is -0.340. The molecule has 2 unspecified atom stereocenters. The molecule has 3 atom stereocenters. The minimum Gasteiger partial charge on any atom is -0.460 e. The average Bonchev–Trinajstić information content (AvgIpc) is 3.04. The Balaban J connectivity index is 2.01. The van der Waals surface area contributed by atoms with Crippen LogP contribution < -0.4 is 10.9 Å². The molecule has 0 amide bonds. The fraction of sp³-hybridized carbons (Fsp3) is 0.625. The minimum absolute atomic E-state index is 0.0319. The molecule has 2 rings (SSSR count). The Labute approximate surface area is 159 Å². The molecule has 27 heavy (non-hydrogen) atoms. The lowest BCUT2D eigenvalue weighted by Crippen LogP contribution is -2.28. The summed E-state index contributed by atoms with van der Waals surface area (Å²) in [4.78, 5) is 35.1. The molecule has 0 spiro atoms. The number of rotatable bonds is 10. The first kappa shape index (κ1) is 19.4. The third kappa shape index (κ3) is 5.11. The molecule has 0 aromatic carbocycles. The van der Waals surface area contributed by atoms with Gasteiger partial charge >= 0.3 is 7.25 Å². The van der Waals surface area contributed by atoms with Crippen LogP contribution >= 0.6 is 8.32 Å². The van der Waals surface area contributed by atoms with Crippen molar-refractivity contribution in [2.75, 3.05) is 19.0 Å². The number of nitrogens with zero attached hydrogens (tertiary/aromatic N) is 3. The zero-order chi connectivity index (χ0) is 20.8. The van der Waals surface area contributed by atoms with Crippen LogP contribution in [0.4, 0.5) is 5.95 Å². The zero-order valence-corrected chi connectivity index (χ0v) is 16.7. The van der Waals surface area contributed by atoms with Crippen molar-refractivity contribution in [3.8, 4) is 0 Å². The van der Waals surface area contributed by atoms with Crippen molar-refractivity contribution >= 4 is 31.4 Å². The van der Waals surface area contributed by atoms with E-state index in [0.29, 0.717) is 18.0 Å². The van der Waals surface area contributed by atoms with Gasteiger partial charge in [-0.15, -0.1) is 5.16 Å². The van der Waals surface area contributed by atoms with Crippen LogP contribution in [0.25, 0.3) is 11.2 Å². The number of hydrogen-bond donors (Lipinski definition) is 3. The van der Waals surface area contributed by atoms with Crippen LogP contribution in [0, 0.1) is 11.1 Å². The molecule has 2 aromatic rings. The average molecular weight is 398 g/mol. The molecule has 0 fully saturated rings. The van der Waals surface area contributed by atoms with Gasteiger partial charge in [0.25, 0.3) is 5.56 Å². The Bertz CT molecular complexity index is 899. The van der Waals surface area contributed by atoms with Crippen LogP contribution in [0.5, 0.6) is 0 Å². The van der Waals surface area contributed by atoms with E-state index in [1.807, 2.05) is 6.92 Å². The van der Waals surface area contributed by atoms with E-state index in [4.69, 9.17) is 15.9 Å². The number of nitrogens with one attached hydrogen (secondary N) is 3. The quantitative estimate of drug-likeness (QED) is 0.411. The monoisotopic (exact) mass is 398 g/mol. The molecular formula is C16H26N6O4P+. The van der Waals surface area contributed by atoms with Crippen LogP contribution in [-0.4, -0.2) is 52.2 Å². The third-order valence-electron chi connectivity index (χ3n) is 4.04. The van der Waals surface area contributed by atoms with Crippen molar-refractivity contribution < 1.29 is 14.3 Å². The SMILES string of the molecule is [2H][P+](=N)[C@@H](C(=O)OCC(CC)OCn1cnc2c(=O)[nH]c(NC)nc21)C(C)C. The van der Waals surface area contributed by atoms with Gasteiger partial charge in [0.1, 0.15) is 13.3 Å². The van der Waals surface area contributed by atoms with Crippen molar-refractivity contribution in [2.24, 2.45) is 5.92 Å². The molecule has 10 nitrogen and oxygen atoms in total. The number of hydrogen-bond acceptors (Lipinski definition) is 8. The Kier molecular flexibility index (Phi) is 6.89. The van der Waals surface area contributed by atoms with Gasteiger partial charge in [-0.05, 0) is 6.42 Å². The number of anilines is 1. The highest BCUT2D eigenvalue weighted by molar-refractivity contribution is 7.27. The molecular weight excluding hydrogens is 371 g/mol. The molecule has 2 heterocycles. The van der Waals surface area contributed by atoms with Gasteiger partial charge in [0.15, 0.2) is 19.5 Å². The molecule has 0 aliphatic heterocycles. The standard InChI is InChI=1S/C16H25N6O4P/c1-5-10(6-25-15(24)12(27-17)9(2)3)26-8-22-7-19-11-13(22)20-16(18-4)21-14(11)23/h7,9-10,12,17H,5-6,8H2,1-4H3,(H2,18,20,21,23)/p+1/t10?,12-/m1/s1/i/hD. The number of fused-ring (bicyclic) bond motifs is 1. The van der Waals surface area contributed by atoms with E-state index >= 15 is 0 Å². The smallest absolute Gasteiger partial charge is 0.365 e. The van der Waals surface area contributed by atoms with Crippen molar-refractivity contribution in [3.05, 3.63) is 16.7 Å². The molecule has 0 aliphatic carbocycles. The highest BCUT2D eigenvalue weighted by atomic mass is 31.1. The maximum Gasteiger partial charge on any atom is 0.365 e. The number of ether oxygens (including phenoxy) is 2. The Morgan fingerprint density at radius 2 is 2.30 bits per heavy atom. The van der Waals surface area contributed by atoms with Gasteiger partial charge in [-0.3, -0.25) is 14.3 Å². The summed E-state index contributed by atoms with van der Waals surface area (Å²) in [6, 6.07) is 0. The predicted molar refractivity (Wildman–Crippen MR) is 103 cm³/mol. The van der Waals surface area contributed by atoms with E-state index in [1.54, 1.807) is 25.5 Å². The number of carbonyl (C=O) groups is 1. The van der Waals surface area contributed by atoms with Gasteiger partial charge < -0.3 is 14.8 Å². The largest absolute Gasteiger partial charge is 0.460 e. The molecule has 3 N–H and O–H groups in total. The van der Waals surface area contributed by atoms with Crippen molar-refractivity contribution in [3.63, 3.8) is 0 Å². The van der Waals surface area contributed by atoms with Crippen molar-refractivity contribution in [2.45, 2.75) is 45.7 Å². The minimum atomic E-state index is -1.92. The van der Waals surface area contributed by atoms with Gasteiger partial charge in [0.05, 0.1) is 12.4 Å². The number of carbonyl (C=O) groups excluding carboxylic acids is 1. The molecule has 0 bridgehead atoms. The first-order chi connectivity index (χ1) is 13.3. The Morgan fingerprint density at radius 3 is 2.89 bits per heavy atom. The summed E-state index contributed by atoms with van der Waals surface area (Å²) >= 11 is 0. The summed E-state index contributed by atoms with van der Waals surface area (Å²) in [6.07, 6.45) is 1.69. The van der Waals surface area contributed by atoms with Crippen molar-refractivity contribution in [1.82, 2.24) is 19.5 Å². The van der Waals surface area contributed by atoms with Crippen LogP contribution in [0.3, 0.4) is 0 Å². The molecule has 0 saturated carbocycles. The van der Waals surface area contributed by atoms with E-state index in [1.165, 1.54) is 6.33 Å². The summed E-state index contributed by atoms with van der Waals surface area (Å²) < 4.78 is 20.3. The van der Waals surface area contributed by atoms with E-state index in [2.05, 4.69) is 20.3 Å². The van der Waals surface area contributed by atoms with E-state index in [-0.39, 0.29) is 36.4 Å². The number of aromatic amines is 1. The molecule has 0 radical (unpaired) electrons. The van der Waals surface area contributed by atoms with Crippen LogP contribution in [-0.2, 0) is 21.0 Å². The first-order valence-corrected chi connectivity index (χ1v) is 9.65. The second-order valence-corrected chi connectivity index (χ2v) is 7.14. The molecule has 11 heteroatoms. The summed E-state index contributed by atoms with van der Waals surface area (Å²) in [7, 11) is -0.272. The van der Waals surface area contributed by atoms with E-state index in [9.17, 15) is 9.59 Å². The Morgan fingerprint density at radius 1 is 1.56 bits per heavy atom. The van der Waals surface area contributed by atoms with E-state index < -0.39 is 19.9 Å². The Hall–Kier alpha value is -2.32. The topological polar surface area (TPSA) is 135 Å². The number of H-pyrrole nitrogens is 1. The molecule has 0 aliphatic rings. The maximum atomic E-state index is 12.2. The number of esters is 1. The normalized spacial score (nSPS) is 14.7. The van der Waals surface area contributed by atoms with Crippen LogP contribution in [0.15, 0.2) is 11.1 Å². The third-order valence-corrected chi connectivity index (χ3v) is 5.13. The van der Waals surface area contributed by atoms with Gasteiger partial charge in [-0.25, -0.2) is 9.78 Å². The van der Waals surface area contributed by atoms with Crippen LogP contribution in [0.1, 0.15) is 27.2 Å². The highest BCUT2D eigenvalue weighted by Crippen LogP contribution is 2.19. The predicted octanol–water partition coefficient (Wildman–Crippen LogP) is 1.92.